The van der Waals surface area contributed by atoms with Crippen LogP contribution in [0.1, 0.15) is 31.0 Å². The van der Waals surface area contributed by atoms with Crippen LogP contribution in [0.5, 0.6) is 5.75 Å². The van der Waals surface area contributed by atoms with E-state index in [0.717, 1.165) is 17.0 Å². The second-order valence-electron chi connectivity index (χ2n) is 5.66. The lowest BCUT2D eigenvalue weighted by Gasteiger charge is -2.14. The van der Waals surface area contributed by atoms with Crippen LogP contribution >= 0.6 is 23.1 Å². The predicted molar refractivity (Wildman–Crippen MR) is 105 cm³/mol. The average molecular weight is 405 g/mol. The van der Waals surface area contributed by atoms with Crippen molar-refractivity contribution in [3.8, 4) is 5.75 Å². The fourth-order valence-electron chi connectivity index (χ4n) is 2.40. The van der Waals surface area contributed by atoms with Crippen LogP contribution in [-0.4, -0.2) is 34.7 Å². The van der Waals surface area contributed by atoms with Gasteiger partial charge in [0.2, 0.25) is 11.8 Å². The van der Waals surface area contributed by atoms with E-state index in [9.17, 15) is 4.79 Å². The van der Waals surface area contributed by atoms with Crippen LogP contribution in [0.2, 0.25) is 0 Å². The second kappa shape index (κ2) is 9.01. The number of nitrogens with zero attached hydrogens (tertiary/aromatic N) is 4. The normalized spacial score (nSPS) is 10.8. The summed E-state index contributed by atoms with van der Waals surface area (Å²) in [6.07, 6.45) is 0.572. The van der Waals surface area contributed by atoms with E-state index in [1.807, 2.05) is 36.6 Å². The van der Waals surface area contributed by atoms with Crippen LogP contribution in [0.15, 0.2) is 39.3 Å². The Morgan fingerprint density at radius 2 is 2.07 bits per heavy atom. The minimum absolute atomic E-state index is 0.00821. The Kier molecular flexibility index (Phi) is 6.46. The lowest BCUT2D eigenvalue weighted by atomic mass is 10.1. The number of carbonyl (C=O) groups is 1. The largest absolute Gasteiger partial charge is 0.497 e. The van der Waals surface area contributed by atoms with E-state index in [-0.39, 0.29) is 5.91 Å². The van der Waals surface area contributed by atoms with E-state index in [1.54, 1.807) is 18.9 Å². The number of ether oxygens (including phenoxy) is 1. The van der Waals surface area contributed by atoms with Gasteiger partial charge < -0.3 is 9.15 Å². The molecule has 0 bridgehead atoms. The van der Waals surface area contributed by atoms with Crippen LogP contribution in [0.4, 0.5) is 5.13 Å². The van der Waals surface area contributed by atoms with Crippen molar-refractivity contribution in [1.29, 1.82) is 0 Å². The number of aromatic nitrogens is 3. The monoisotopic (exact) mass is 404 g/mol. The molecule has 2 heterocycles. The lowest BCUT2D eigenvalue weighted by molar-refractivity contribution is -0.116. The third-order valence-electron chi connectivity index (χ3n) is 3.77. The first-order valence-corrected chi connectivity index (χ1v) is 10.3. The van der Waals surface area contributed by atoms with E-state index in [2.05, 4.69) is 15.2 Å². The Balaban J connectivity index is 1.56. The van der Waals surface area contributed by atoms with Gasteiger partial charge in [0.05, 0.1) is 19.2 Å². The number of hydrogen-bond acceptors (Lipinski definition) is 8. The van der Waals surface area contributed by atoms with Crippen molar-refractivity contribution < 1.29 is 13.9 Å². The van der Waals surface area contributed by atoms with Crippen LogP contribution < -0.4 is 9.64 Å². The van der Waals surface area contributed by atoms with Gasteiger partial charge in [0.25, 0.3) is 5.22 Å². The third-order valence-corrected chi connectivity index (χ3v) is 5.54. The predicted octanol–water partition coefficient (Wildman–Crippen LogP) is 3.79. The summed E-state index contributed by atoms with van der Waals surface area (Å²) in [6.45, 7) is 4.08. The molecule has 9 heteroatoms. The molecule has 0 aliphatic carbocycles. The Hall–Kier alpha value is -2.39. The maximum atomic E-state index is 11.6. The first-order valence-electron chi connectivity index (χ1n) is 8.39. The van der Waals surface area contributed by atoms with Gasteiger partial charge in [-0.25, -0.2) is 4.98 Å². The summed E-state index contributed by atoms with van der Waals surface area (Å²) in [5, 5.41) is 11.3. The minimum Gasteiger partial charge on any atom is -0.497 e. The molecule has 0 N–H and O–H groups in total. The molecule has 0 spiro atoms. The maximum Gasteiger partial charge on any atom is 0.276 e. The highest BCUT2D eigenvalue weighted by molar-refractivity contribution is 7.98. The Bertz CT molecular complexity index is 892. The fraction of sp³-hybridized carbons (Fsp3) is 0.333. The van der Waals surface area contributed by atoms with Crippen LogP contribution in [0.25, 0.3) is 0 Å². The first kappa shape index (κ1) is 19.4. The molecule has 0 radical (unpaired) electrons. The summed E-state index contributed by atoms with van der Waals surface area (Å²) in [5.41, 5.74) is 1.96. The molecule has 1 aromatic carbocycles. The molecular weight excluding hydrogens is 384 g/mol. The van der Waals surface area contributed by atoms with E-state index in [4.69, 9.17) is 9.15 Å². The quantitative estimate of drug-likeness (QED) is 0.528. The minimum atomic E-state index is -0.00821. The van der Waals surface area contributed by atoms with Crippen molar-refractivity contribution in [2.75, 3.05) is 18.6 Å². The van der Waals surface area contributed by atoms with Gasteiger partial charge in [0.15, 0.2) is 5.13 Å². The summed E-state index contributed by atoms with van der Waals surface area (Å²) in [6, 6.07) is 7.76. The molecule has 3 aromatic rings. The Morgan fingerprint density at radius 1 is 1.30 bits per heavy atom. The molecule has 0 unspecified atom stereocenters. The van der Waals surface area contributed by atoms with E-state index in [1.165, 1.54) is 23.1 Å². The summed E-state index contributed by atoms with van der Waals surface area (Å²) in [7, 11) is 1.64. The molecule has 0 aliphatic heterocycles. The average Bonchev–Trinajstić information content (AvgIpc) is 3.30. The Morgan fingerprint density at radius 3 is 2.74 bits per heavy atom. The van der Waals surface area contributed by atoms with Gasteiger partial charge in [0.1, 0.15) is 5.75 Å². The first-order chi connectivity index (χ1) is 13.1. The van der Waals surface area contributed by atoms with Gasteiger partial charge in [-0.1, -0.05) is 23.9 Å². The number of benzene rings is 1. The highest BCUT2D eigenvalue weighted by Crippen LogP contribution is 2.26. The van der Waals surface area contributed by atoms with Crippen molar-refractivity contribution in [3.05, 3.63) is 46.8 Å². The van der Waals surface area contributed by atoms with Gasteiger partial charge in [0, 0.05) is 24.6 Å². The zero-order valence-electron chi connectivity index (χ0n) is 15.3. The third kappa shape index (κ3) is 5.08. The topological polar surface area (TPSA) is 81.4 Å². The number of thiazole rings is 1. The lowest BCUT2D eigenvalue weighted by Crippen LogP contribution is -2.27. The molecule has 27 heavy (non-hydrogen) atoms. The van der Waals surface area contributed by atoms with Gasteiger partial charge in [-0.05, 0) is 24.6 Å². The molecular formula is C18H20N4O3S2. The summed E-state index contributed by atoms with van der Waals surface area (Å²) < 4.78 is 10.9. The molecule has 142 valence electrons. The van der Waals surface area contributed by atoms with Crippen molar-refractivity contribution in [2.45, 2.75) is 31.2 Å². The van der Waals surface area contributed by atoms with Gasteiger partial charge >= 0.3 is 0 Å². The smallest absolute Gasteiger partial charge is 0.276 e. The zero-order chi connectivity index (χ0) is 19.2. The summed E-state index contributed by atoms with van der Waals surface area (Å²) in [4.78, 5) is 17.8. The standard InChI is InChI=1S/C18H20N4O3S2/c1-4-22(12(2)23)17-19-14(10-26-17)11-27-18-21-20-16(25-18)9-13-5-7-15(24-3)8-6-13/h5-8,10H,4,9,11H2,1-3H3. The van der Waals surface area contributed by atoms with Gasteiger partial charge in [-0.3, -0.25) is 9.69 Å². The van der Waals surface area contributed by atoms with Crippen molar-refractivity contribution in [3.63, 3.8) is 0 Å². The Labute approximate surface area is 165 Å². The number of carbonyl (C=O) groups excluding carboxylic acids is 1. The molecule has 0 saturated heterocycles. The zero-order valence-corrected chi connectivity index (χ0v) is 17.0. The van der Waals surface area contributed by atoms with Crippen LogP contribution in [0, 0.1) is 0 Å². The molecule has 0 saturated carbocycles. The highest BCUT2D eigenvalue weighted by Gasteiger charge is 2.14. The van der Waals surface area contributed by atoms with E-state index >= 15 is 0 Å². The van der Waals surface area contributed by atoms with Gasteiger partial charge in [-0.15, -0.1) is 21.5 Å². The maximum absolute atomic E-state index is 11.6. The van der Waals surface area contributed by atoms with Crippen molar-refractivity contribution in [1.82, 2.24) is 15.2 Å². The second-order valence-corrected chi connectivity index (χ2v) is 7.42. The molecule has 3 rings (SSSR count). The number of amides is 1. The van der Waals surface area contributed by atoms with Crippen molar-refractivity contribution >= 4 is 34.1 Å². The van der Waals surface area contributed by atoms with Gasteiger partial charge in [-0.2, -0.15) is 0 Å². The molecule has 0 aliphatic rings. The van der Waals surface area contributed by atoms with E-state index < -0.39 is 0 Å². The number of hydrogen-bond donors (Lipinski definition) is 0. The molecule has 0 atom stereocenters. The summed E-state index contributed by atoms with van der Waals surface area (Å²) in [5.74, 6) is 1.98. The molecule has 2 aromatic heterocycles. The van der Waals surface area contributed by atoms with E-state index in [0.29, 0.717) is 35.0 Å². The summed E-state index contributed by atoms with van der Waals surface area (Å²) >= 11 is 2.89. The molecule has 1 amide bonds. The van der Waals surface area contributed by atoms with Crippen LogP contribution in [0.3, 0.4) is 0 Å². The molecule has 7 nitrogen and oxygen atoms in total. The fourth-order valence-corrected chi connectivity index (χ4v) is 4.11. The highest BCUT2D eigenvalue weighted by atomic mass is 32.2. The SMILES string of the molecule is CCN(C(C)=O)c1nc(CSc2nnc(Cc3ccc(OC)cc3)o2)cs1. The van der Waals surface area contributed by atoms with Crippen LogP contribution in [-0.2, 0) is 17.0 Å². The number of rotatable bonds is 8. The number of methoxy groups -OCH3 is 1. The molecule has 0 fully saturated rings. The number of thioether (sulfide) groups is 1. The number of anilines is 1. The van der Waals surface area contributed by atoms with Crippen molar-refractivity contribution in [2.24, 2.45) is 0 Å².